The van der Waals surface area contributed by atoms with Crippen molar-refractivity contribution in [3.05, 3.63) is 81.6 Å². The molecule has 146 valence electrons. The molecule has 29 heavy (non-hydrogen) atoms. The van der Waals surface area contributed by atoms with Crippen molar-refractivity contribution in [2.45, 2.75) is 25.3 Å². The van der Waals surface area contributed by atoms with E-state index in [2.05, 4.69) is 17.1 Å². The molecule has 2 aromatic carbocycles. The summed E-state index contributed by atoms with van der Waals surface area (Å²) in [5, 5.41) is 3.32. The highest BCUT2D eigenvalue weighted by Crippen LogP contribution is 2.29. The Labute approximate surface area is 177 Å². The number of pyridine rings is 1. The van der Waals surface area contributed by atoms with Gasteiger partial charge in [-0.3, -0.25) is 9.36 Å². The molecule has 4 aromatic rings. The van der Waals surface area contributed by atoms with Crippen molar-refractivity contribution in [3.63, 3.8) is 0 Å². The van der Waals surface area contributed by atoms with Gasteiger partial charge in [0.2, 0.25) is 0 Å². The summed E-state index contributed by atoms with van der Waals surface area (Å²) >= 11 is 7.89. The molecule has 0 aliphatic carbocycles. The third kappa shape index (κ3) is 3.53. The van der Waals surface area contributed by atoms with E-state index in [0.29, 0.717) is 17.0 Å². The smallest absolute Gasteiger partial charge is 0.261 e. The van der Waals surface area contributed by atoms with E-state index in [1.54, 1.807) is 18.6 Å². The highest BCUT2D eigenvalue weighted by atomic mass is 35.5. The van der Waals surface area contributed by atoms with Gasteiger partial charge in [-0.25, -0.2) is 9.97 Å². The van der Waals surface area contributed by atoms with Crippen molar-refractivity contribution < 1.29 is 0 Å². The van der Waals surface area contributed by atoms with Crippen LogP contribution in [-0.4, -0.2) is 26.0 Å². The van der Waals surface area contributed by atoms with Crippen LogP contribution >= 0.6 is 23.4 Å². The Kier molecular flexibility index (Phi) is 5.02. The summed E-state index contributed by atoms with van der Waals surface area (Å²) in [7, 11) is 0. The van der Waals surface area contributed by atoms with Gasteiger partial charge < -0.3 is 0 Å². The zero-order valence-corrected chi connectivity index (χ0v) is 17.4. The number of benzene rings is 2. The number of rotatable bonds is 3. The molecule has 0 amide bonds. The Bertz CT molecular complexity index is 1250. The molecule has 0 saturated carbocycles. The molecule has 0 N–H and O–H groups in total. The van der Waals surface area contributed by atoms with Crippen molar-refractivity contribution in [2.75, 3.05) is 11.5 Å². The minimum absolute atomic E-state index is 0.0631. The number of thioether (sulfide) groups is 1. The first kappa shape index (κ1) is 18.6. The molecule has 2 aromatic heterocycles. The minimum atomic E-state index is 0.0631. The molecular weight excluding hydrogens is 402 g/mol. The van der Waals surface area contributed by atoms with Crippen molar-refractivity contribution >= 4 is 45.0 Å². The van der Waals surface area contributed by atoms with Crippen LogP contribution in [-0.2, 0) is 6.42 Å². The van der Waals surface area contributed by atoms with Crippen LogP contribution in [0.5, 0.6) is 0 Å². The number of fused-ring (bicyclic) bond motifs is 3. The third-order valence-electron chi connectivity index (χ3n) is 5.65. The predicted octanol–water partition coefficient (Wildman–Crippen LogP) is 5.26. The van der Waals surface area contributed by atoms with Gasteiger partial charge in [-0.1, -0.05) is 41.9 Å². The highest BCUT2D eigenvalue weighted by Gasteiger charge is 2.19. The molecule has 0 radical (unpaired) electrons. The van der Waals surface area contributed by atoms with E-state index in [1.807, 2.05) is 40.6 Å². The zero-order valence-electron chi connectivity index (χ0n) is 15.8. The Morgan fingerprint density at radius 3 is 2.59 bits per heavy atom. The van der Waals surface area contributed by atoms with Crippen molar-refractivity contribution in [3.8, 4) is 0 Å². The average molecular weight is 422 g/mol. The second-order valence-corrected chi connectivity index (χ2v) is 9.06. The van der Waals surface area contributed by atoms with Crippen LogP contribution < -0.4 is 5.56 Å². The van der Waals surface area contributed by atoms with Gasteiger partial charge in [-0.2, -0.15) is 11.8 Å². The molecule has 1 aliphatic rings. The second-order valence-electron chi connectivity index (χ2n) is 7.44. The average Bonchev–Trinajstić information content (AvgIpc) is 2.77. The number of hydrogen-bond acceptors (Lipinski definition) is 4. The van der Waals surface area contributed by atoms with Crippen molar-refractivity contribution in [1.29, 1.82) is 0 Å². The fraction of sp³-hybridized carbons (Fsp3) is 0.261. The standard InChI is InChI=1S/C23H20ClN3OS/c24-21-6-5-15(13-25-21)11-16-12-20-22(19-4-2-1-3-18(16)19)26-14-27(23(20)28)17-7-9-29-10-8-17/h1-6,12-14,17H,7-11H2. The van der Waals surface area contributed by atoms with Gasteiger partial charge in [-0.15, -0.1) is 0 Å². The van der Waals surface area contributed by atoms with Gasteiger partial charge in [0.15, 0.2) is 0 Å². The maximum absolute atomic E-state index is 13.4. The van der Waals surface area contributed by atoms with Gasteiger partial charge in [0.25, 0.3) is 5.56 Å². The fourth-order valence-electron chi connectivity index (χ4n) is 4.15. The molecule has 1 fully saturated rings. The monoisotopic (exact) mass is 421 g/mol. The molecule has 4 nitrogen and oxygen atoms in total. The Morgan fingerprint density at radius 2 is 1.83 bits per heavy atom. The van der Waals surface area contributed by atoms with E-state index in [1.165, 1.54) is 0 Å². The SMILES string of the molecule is O=c1c2cc(Cc3ccc(Cl)nc3)c3ccccc3c2ncn1C1CCSCC1. The van der Waals surface area contributed by atoms with Gasteiger partial charge in [0, 0.05) is 17.6 Å². The van der Waals surface area contributed by atoms with E-state index in [4.69, 9.17) is 16.6 Å². The normalized spacial score (nSPS) is 15.2. The summed E-state index contributed by atoms with van der Waals surface area (Å²) in [5.41, 5.74) is 3.01. The van der Waals surface area contributed by atoms with E-state index < -0.39 is 0 Å². The van der Waals surface area contributed by atoms with E-state index in [9.17, 15) is 4.79 Å². The first-order chi connectivity index (χ1) is 14.2. The Hall–Kier alpha value is -2.37. The molecule has 3 heterocycles. The van der Waals surface area contributed by atoms with Crippen LogP contribution in [0.25, 0.3) is 21.7 Å². The molecule has 1 aliphatic heterocycles. The second kappa shape index (κ2) is 7.81. The number of hydrogen-bond donors (Lipinski definition) is 0. The first-order valence-electron chi connectivity index (χ1n) is 9.80. The highest BCUT2D eigenvalue weighted by molar-refractivity contribution is 7.99. The summed E-state index contributed by atoms with van der Waals surface area (Å²) in [6, 6.07) is 14.2. The molecule has 1 saturated heterocycles. The number of nitrogens with zero attached hydrogens (tertiary/aromatic N) is 3. The largest absolute Gasteiger partial charge is 0.296 e. The lowest BCUT2D eigenvalue weighted by molar-refractivity contribution is 0.454. The summed E-state index contributed by atoms with van der Waals surface area (Å²) in [6.45, 7) is 0. The van der Waals surface area contributed by atoms with Crippen LogP contribution in [0.2, 0.25) is 5.15 Å². The quantitative estimate of drug-likeness (QED) is 0.334. The molecular formula is C23H20ClN3OS. The fourth-order valence-corrected chi connectivity index (χ4v) is 5.34. The van der Waals surface area contributed by atoms with Crippen molar-refractivity contribution in [2.24, 2.45) is 0 Å². The summed E-state index contributed by atoms with van der Waals surface area (Å²) in [4.78, 5) is 22.3. The lowest BCUT2D eigenvalue weighted by Gasteiger charge is -2.23. The first-order valence-corrected chi connectivity index (χ1v) is 11.3. The molecule has 0 spiro atoms. The predicted molar refractivity (Wildman–Crippen MR) is 121 cm³/mol. The molecule has 0 bridgehead atoms. The Morgan fingerprint density at radius 1 is 1.03 bits per heavy atom. The summed E-state index contributed by atoms with van der Waals surface area (Å²) in [6.07, 6.45) is 6.28. The number of aromatic nitrogens is 3. The lowest BCUT2D eigenvalue weighted by atomic mass is 9.96. The third-order valence-corrected chi connectivity index (χ3v) is 6.92. The van der Waals surface area contributed by atoms with Gasteiger partial charge >= 0.3 is 0 Å². The topological polar surface area (TPSA) is 47.8 Å². The summed E-state index contributed by atoms with van der Waals surface area (Å²) in [5.74, 6) is 2.20. The van der Waals surface area contributed by atoms with Crippen LogP contribution in [0.15, 0.2) is 59.8 Å². The zero-order chi connectivity index (χ0) is 19.8. The Balaban J connectivity index is 1.69. The maximum atomic E-state index is 13.4. The van der Waals surface area contributed by atoms with Crippen LogP contribution in [0, 0.1) is 0 Å². The summed E-state index contributed by atoms with van der Waals surface area (Å²) < 4.78 is 1.85. The van der Waals surface area contributed by atoms with E-state index in [-0.39, 0.29) is 11.6 Å². The van der Waals surface area contributed by atoms with Gasteiger partial charge in [-0.05, 0) is 59.4 Å². The molecule has 0 atom stereocenters. The van der Waals surface area contributed by atoms with Crippen LogP contribution in [0.1, 0.15) is 30.0 Å². The van der Waals surface area contributed by atoms with Crippen LogP contribution in [0.4, 0.5) is 0 Å². The van der Waals surface area contributed by atoms with Gasteiger partial charge in [0.1, 0.15) is 5.15 Å². The number of halogens is 1. The van der Waals surface area contributed by atoms with Gasteiger partial charge in [0.05, 0.1) is 17.2 Å². The lowest BCUT2D eigenvalue weighted by Crippen LogP contribution is -2.27. The molecule has 0 unspecified atom stereocenters. The minimum Gasteiger partial charge on any atom is -0.296 e. The maximum Gasteiger partial charge on any atom is 0.261 e. The molecule has 5 rings (SSSR count). The van der Waals surface area contributed by atoms with Crippen LogP contribution in [0.3, 0.4) is 0 Å². The van der Waals surface area contributed by atoms with E-state index >= 15 is 0 Å². The van der Waals surface area contributed by atoms with E-state index in [0.717, 1.165) is 51.8 Å². The molecule has 6 heteroatoms. The van der Waals surface area contributed by atoms with Crippen molar-refractivity contribution in [1.82, 2.24) is 14.5 Å².